The Bertz CT molecular complexity index is 641. The van der Waals surface area contributed by atoms with Crippen molar-refractivity contribution in [1.82, 2.24) is 5.32 Å². The van der Waals surface area contributed by atoms with E-state index < -0.39 is 17.7 Å². The van der Waals surface area contributed by atoms with Gasteiger partial charge in [0.05, 0.1) is 10.5 Å². The van der Waals surface area contributed by atoms with Crippen LogP contribution in [0.3, 0.4) is 0 Å². The first-order valence-corrected chi connectivity index (χ1v) is 7.75. The van der Waals surface area contributed by atoms with Crippen LogP contribution in [-0.4, -0.2) is 6.54 Å². The fourth-order valence-corrected chi connectivity index (χ4v) is 2.97. The van der Waals surface area contributed by atoms with Crippen LogP contribution in [-0.2, 0) is 0 Å². The highest BCUT2D eigenvalue weighted by atomic mass is 79.9. The molecule has 0 saturated heterocycles. The summed E-state index contributed by atoms with van der Waals surface area (Å²) in [6.45, 7) is 4.35. The number of halogens is 4. The minimum Gasteiger partial charge on any atom is -0.306 e. The zero-order valence-corrected chi connectivity index (χ0v) is 14.0. The van der Waals surface area contributed by atoms with E-state index in [0.717, 1.165) is 11.1 Å². The zero-order valence-electron chi connectivity index (χ0n) is 11.7. The van der Waals surface area contributed by atoms with Crippen LogP contribution in [0, 0.1) is 18.6 Å². The van der Waals surface area contributed by atoms with Crippen molar-refractivity contribution in [3.63, 3.8) is 0 Å². The fourth-order valence-electron chi connectivity index (χ4n) is 2.33. The summed E-state index contributed by atoms with van der Waals surface area (Å²) < 4.78 is 28.8. The van der Waals surface area contributed by atoms with E-state index in [1.54, 1.807) is 6.07 Å². The topological polar surface area (TPSA) is 12.0 Å². The lowest BCUT2D eigenvalue weighted by Gasteiger charge is -2.21. The quantitative estimate of drug-likeness (QED) is 0.708. The molecule has 0 bridgehead atoms. The monoisotopic (exact) mass is 373 g/mol. The van der Waals surface area contributed by atoms with Crippen molar-refractivity contribution in [2.24, 2.45) is 0 Å². The van der Waals surface area contributed by atoms with E-state index in [4.69, 9.17) is 11.6 Å². The molecular formula is C16H15BrClF2N. The second-order valence-electron chi connectivity index (χ2n) is 4.81. The summed E-state index contributed by atoms with van der Waals surface area (Å²) in [5.41, 5.74) is 1.67. The van der Waals surface area contributed by atoms with Crippen molar-refractivity contribution in [2.75, 3.05) is 6.54 Å². The molecular weight excluding hydrogens is 360 g/mol. The Hall–Kier alpha value is -0.970. The highest BCUT2D eigenvalue weighted by Gasteiger charge is 2.23. The van der Waals surface area contributed by atoms with Crippen molar-refractivity contribution in [3.05, 3.63) is 68.2 Å². The molecule has 0 aromatic heterocycles. The number of nitrogens with one attached hydrogen (secondary N) is 1. The molecule has 0 amide bonds. The van der Waals surface area contributed by atoms with Crippen molar-refractivity contribution in [2.45, 2.75) is 19.9 Å². The third-order valence-electron chi connectivity index (χ3n) is 3.17. The highest BCUT2D eigenvalue weighted by Crippen LogP contribution is 2.32. The third kappa shape index (κ3) is 3.62. The number of hydrogen-bond donors (Lipinski definition) is 1. The second kappa shape index (κ2) is 6.86. The predicted octanol–water partition coefficient (Wildman–Crippen LogP) is 5.39. The van der Waals surface area contributed by atoms with Crippen LogP contribution in [0.25, 0.3) is 0 Å². The third-order valence-corrected chi connectivity index (χ3v) is 4.00. The van der Waals surface area contributed by atoms with E-state index in [1.165, 1.54) is 12.1 Å². The normalized spacial score (nSPS) is 12.5. The van der Waals surface area contributed by atoms with Crippen LogP contribution < -0.4 is 5.32 Å². The van der Waals surface area contributed by atoms with Crippen molar-refractivity contribution < 1.29 is 8.78 Å². The lowest BCUT2D eigenvalue weighted by atomic mass is 9.96. The minimum absolute atomic E-state index is 0.00658. The first-order chi connectivity index (χ1) is 9.93. The SMILES string of the molecule is CCNC(c1cc(C)cc(Cl)c1)c1c(F)ccc(Br)c1F. The van der Waals surface area contributed by atoms with Gasteiger partial charge in [0.15, 0.2) is 0 Å². The Kier molecular flexibility index (Phi) is 5.36. The molecule has 2 rings (SSSR count). The molecule has 0 aliphatic heterocycles. The first kappa shape index (κ1) is 16.4. The van der Waals surface area contributed by atoms with E-state index in [1.807, 2.05) is 26.0 Å². The van der Waals surface area contributed by atoms with Gasteiger partial charge < -0.3 is 5.32 Å². The van der Waals surface area contributed by atoms with Crippen LogP contribution in [0.2, 0.25) is 5.02 Å². The van der Waals surface area contributed by atoms with Crippen molar-refractivity contribution in [3.8, 4) is 0 Å². The van der Waals surface area contributed by atoms with E-state index >= 15 is 0 Å². The molecule has 1 unspecified atom stereocenters. The Morgan fingerprint density at radius 3 is 2.57 bits per heavy atom. The summed E-state index contributed by atoms with van der Waals surface area (Å²) in [7, 11) is 0. The van der Waals surface area contributed by atoms with Crippen LogP contribution >= 0.6 is 27.5 Å². The second-order valence-corrected chi connectivity index (χ2v) is 6.10. The van der Waals surface area contributed by atoms with Crippen LogP contribution in [0.4, 0.5) is 8.78 Å². The highest BCUT2D eigenvalue weighted by molar-refractivity contribution is 9.10. The molecule has 1 nitrogen and oxygen atoms in total. The largest absolute Gasteiger partial charge is 0.306 e. The van der Waals surface area contributed by atoms with Gasteiger partial charge >= 0.3 is 0 Å². The Labute approximate surface area is 136 Å². The van der Waals surface area contributed by atoms with Gasteiger partial charge in [0.2, 0.25) is 0 Å². The fraction of sp³-hybridized carbons (Fsp3) is 0.250. The van der Waals surface area contributed by atoms with Gasteiger partial charge in [0.25, 0.3) is 0 Å². The maximum Gasteiger partial charge on any atom is 0.145 e. The summed E-state index contributed by atoms with van der Waals surface area (Å²) >= 11 is 9.17. The molecule has 0 aliphatic rings. The van der Waals surface area contributed by atoms with Gasteiger partial charge in [-0.05, 0) is 64.8 Å². The lowest BCUT2D eigenvalue weighted by molar-refractivity contribution is 0.507. The number of rotatable bonds is 4. The first-order valence-electron chi connectivity index (χ1n) is 6.58. The van der Waals surface area contributed by atoms with Gasteiger partial charge in [-0.25, -0.2) is 8.78 Å². The Balaban J connectivity index is 2.61. The van der Waals surface area contributed by atoms with E-state index in [9.17, 15) is 8.78 Å². The number of benzene rings is 2. The summed E-state index contributed by atoms with van der Waals surface area (Å²) in [4.78, 5) is 0. The summed E-state index contributed by atoms with van der Waals surface area (Å²) in [5.74, 6) is -1.18. The maximum atomic E-state index is 14.4. The molecule has 0 aliphatic carbocycles. The average molecular weight is 375 g/mol. The smallest absolute Gasteiger partial charge is 0.145 e. The minimum atomic E-state index is -0.599. The molecule has 2 aromatic rings. The van der Waals surface area contributed by atoms with Crippen LogP contribution in [0.5, 0.6) is 0 Å². The van der Waals surface area contributed by atoms with Crippen molar-refractivity contribution in [1.29, 1.82) is 0 Å². The number of aryl methyl sites for hydroxylation is 1. The van der Waals surface area contributed by atoms with Crippen LogP contribution in [0.15, 0.2) is 34.8 Å². The molecule has 0 saturated carbocycles. The average Bonchev–Trinajstić information content (AvgIpc) is 2.41. The Morgan fingerprint density at radius 2 is 1.95 bits per heavy atom. The predicted molar refractivity (Wildman–Crippen MR) is 85.8 cm³/mol. The summed E-state index contributed by atoms with van der Waals surface area (Å²) in [6, 6.07) is 7.43. The van der Waals surface area contributed by atoms with Gasteiger partial charge in [-0.2, -0.15) is 0 Å². The van der Waals surface area contributed by atoms with Gasteiger partial charge in [0.1, 0.15) is 11.6 Å². The Morgan fingerprint density at radius 1 is 1.24 bits per heavy atom. The zero-order chi connectivity index (χ0) is 15.6. The molecule has 0 heterocycles. The maximum absolute atomic E-state index is 14.4. The summed E-state index contributed by atoms with van der Waals surface area (Å²) in [6.07, 6.45) is 0. The molecule has 1 N–H and O–H groups in total. The van der Waals surface area contributed by atoms with Crippen molar-refractivity contribution >= 4 is 27.5 Å². The van der Waals surface area contributed by atoms with E-state index in [2.05, 4.69) is 21.2 Å². The summed E-state index contributed by atoms with van der Waals surface area (Å²) in [5, 5.41) is 3.66. The number of hydrogen-bond acceptors (Lipinski definition) is 1. The standard InChI is InChI=1S/C16H15BrClF2N/c1-3-21-16(10-6-9(2)7-11(18)8-10)14-13(19)5-4-12(17)15(14)20/h4-8,16,21H,3H2,1-2H3. The molecule has 5 heteroatoms. The molecule has 112 valence electrons. The molecule has 1 atom stereocenters. The molecule has 0 fully saturated rings. The van der Waals surface area contributed by atoms with Crippen LogP contribution in [0.1, 0.15) is 29.7 Å². The molecule has 21 heavy (non-hydrogen) atoms. The lowest BCUT2D eigenvalue weighted by Crippen LogP contribution is -2.24. The van der Waals surface area contributed by atoms with Gasteiger partial charge in [-0.15, -0.1) is 0 Å². The molecule has 0 radical (unpaired) electrons. The van der Waals surface area contributed by atoms with Gasteiger partial charge in [0, 0.05) is 10.6 Å². The molecule has 2 aromatic carbocycles. The molecule has 0 spiro atoms. The van der Waals surface area contributed by atoms with E-state index in [-0.39, 0.29) is 10.0 Å². The van der Waals surface area contributed by atoms with Gasteiger partial charge in [-0.3, -0.25) is 0 Å². The van der Waals surface area contributed by atoms with Gasteiger partial charge in [-0.1, -0.05) is 24.6 Å². The van der Waals surface area contributed by atoms with E-state index in [0.29, 0.717) is 11.6 Å².